The monoisotopic (exact) mass is 509 g/mol. The van der Waals surface area contributed by atoms with Crippen molar-refractivity contribution < 1.29 is 21.6 Å². The molecule has 1 aliphatic rings. The predicted molar refractivity (Wildman–Crippen MR) is 135 cm³/mol. The number of hydrogen-bond acceptors (Lipinski definition) is 6. The van der Waals surface area contributed by atoms with Gasteiger partial charge in [-0.3, -0.25) is 0 Å². The molecule has 34 heavy (non-hydrogen) atoms. The first-order valence-electron chi connectivity index (χ1n) is 11.5. The average Bonchev–Trinajstić information content (AvgIpc) is 2.78. The molecular weight excluding hydrogens is 474 g/mol. The first-order valence-corrected chi connectivity index (χ1v) is 14.4. The Hall–Kier alpha value is -2.14. The lowest BCUT2D eigenvalue weighted by atomic mass is 10.1. The van der Waals surface area contributed by atoms with Crippen molar-refractivity contribution in [3.05, 3.63) is 47.0 Å². The summed E-state index contributed by atoms with van der Waals surface area (Å²) in [7, 11) is -5.72. The molecular formula is C24H35N3O5S2. The SMILES string of the molecule is CCN(CC)S(=O)(=O)c1ccc(OC)c(N2CCN(S(=O)(=O)c3c(C)cc(C)cc3C)CC2)c1. The van der Waals surface area contributed by atoms with Crippen LogP contribution in [0.2, 0.25) is 0 Å². The molecule has 2 aromatic carbocycles. The Labute approximate surface area is 204 Å². The van der Waals surface area contributed by atoms with Crippen molar-refractivity contribution in [2.24, 2.45) is 0 Å². The zero-order chi connectivity index (χ0) is 25.3. The molecule has 188 valence electrons. The largest absolute Gasteiger partial charge is 0.495 e. The third-order valence-electron chi connectivity index (χ3n) is 6.28. The summed E-state index contributed by atoms with van der Waals surface area (Å²) < 4.78 is 61.4. The summed E-state index contributed by atoms with van der Waals surface area (Å²) in [5.74, 6) is 0.556. The second-order valence-electron chi connectivity index (χ2n) is 8.54. The fraction of sp³-hybridized carbons (Fsp3) is 0.500. The van der Waals surface area contributed by atoms with Crippen LogP contribution in [0.15, 0.2) is 40.1 Å². The van der Waals surface area contributed by atoms with Crippen LogP contribution in [-0.4, -0.2) is 71.8 Å². The number of anilines is 1. The summed E-state index contributed by atoms with van der Waals surface area (Å²) >= 11 is 0. The van der Waals surface area contributed by atoms with Gasteiger partial charge in [-0.2, -0.15) is 8.61 Å². The fourth-order valence-corrected chi connectivity index (χ4v) is 7.97. The lowest BCUT2D eigenvalue weighted by Crippen LogP contribution is -2.49. The van der Waals surface area contributed by atoms with Crippen LogP contribution in [0.3, 0.4) is 0 Å². The molecule has 8 nitrogen and oxygen atoms in total. The molecule has 0 amide bonds. The highest BCUT2D eigenvalue weighted by molar-refractivity contribution is 7.89. The minimum Gasteiger partial charge on any atom is -0.495 e. The number of nitrogens with zero attached hydrogens (tertiary/aromatic N) is 3. The summed E-state index contributed by atoms with van der Waals surface area (Å²) in [6, 6.07) is 8.63. The molecule has 0 unspecified atom stereocenters. The van der Waals surface area contributed by atoms with Crippen LogP contribution in [-0.2, 0) is 20.0 Å². The molecule has 0 bridgehead atoms. The smallest absolute Gasteiger partial charge is 0.243 e. The molecule has 10 heteroatoms. The Kier molecular flexibility index (Phi) is 7.96. The summed E-state index contributed by atoms with van der Waals surface area (Å²) in [6.07, 6.45) is 0. The molecule has 0 N–H and O–H groups in total. The molecule has 1 saturated heterocycles. The predicted octanol–water partition coefficient (Wildman–Crippen LogP) is 3.16. The maximum atomic E-state index is 13.4. The van der Waals surface area contributed by atoms with Crippen molar-refractivity contribution in [3.8, 4) is 5.75 Å². The highest BCUT2D eigenvalue weighted by Crippen LogP contribution is 2.34. The molecule has 0 aromatic heterocycles. The van der Waals surface area contributed by atoms with E-state index in [9.17, 15) is 16.8 Å². The van der Waals surface area contributed by atoms with Gasteiger partial charge in [0, 0.05) is 39.3 Å². The van der Waals surface area contributed by atoms with Crippen molar-refractivity contribution in [1.82, 2.24) is 8.61 Å². The molecule has 0 atom stereocenters. The average molecular weight is 510 g/mol. The summed E-state index contributed by atoms with van der Waals surface area (Å²) in [4.78, 5) is 2.56. The number of sulfonamides is 2. The zero-order valence-electron chi connectivity index (χ0n) is 20.8. The van der Waals surface area contributed by atoms with E-state index in [0.717, 1.165) is 16.7 Å². The van der Waals surface area contributed by atoms with Gasteiger partial charge in [0.25, 0.3) is 0 Å². The number of hydrogen-bond donors (Lipinski definition) is 0. The first-order chi connectivity index (χ1) is 16.0. The van der Waals surface area contributed by atoms with Gasteiger partial charge in [-0.25, -0.2) is 16.8 Å². The molecule has 0 aliphatic carbocycles. The topological polar surface area (TPSA) is 87.2 Å². The van der Waals surface area contributed by atoms with Crippen LogP contribution in [0, 0.1) is 20.8 Å². The molecule has 0 radical (unpaired) electrons. The molecule has 3 rings (SSSR count). The van der Waals surface area contributed by atoms with Crippen molar-refractivity contribution in [2.45, 2.75) is 44.4 Å². The summed E-state index contributed by atoms with van der Waals surface area (Å²) in [5.41, 5.74) is 3.17. The van der Waals surface area contributed by atoms with Crippen LogP contribution in [0.25, 0.3) is 0 Å². The third kappa shape index (κ3) is 4.95. The lowest BCUT2D eigenvalue weighted by molar-refractivity contribution is 0.377. The van der Waals surface area contributed by atoms with Crippen molar-refractivity contribution in [3.63, 3.8) is 0 Å². The molecule has 0 spiro atoms. The van der Waals surface area contributed by atoms with Gasteiger partial charge >= 0.3 is 0 Å². The van der Waals surface area contributed by atoms with E-state index in [1.807, 2.05) is 51.7 Å². The van der Waals surface area contributed by atoms with Crippen LogP contribution < -0.4 is 9.64 Å². The maximum Gasteiger partial charge on any atom is 0.243 e. The standard InChI is InChI=1S/C24H35N3O5S2/c1-7-26(8-2)33(28,29)21-9-10-23(32-6)22(17-21)25-11-13-27(14-12-25)34(30,31)24-19(4)15-18(3)16-20(24)5/h9-10,15-17H,7-8,11-14H2,1-6H3. The van der Waals surface area contributed by atoms with Gasteiger partial charge in [-0.1, -0.05) is 31.5 Å². The summed E-state index contributed by atoms with van der Waals surface area (Å²) in [6.45, 7) is 11.4. The van der Waals surface area contributed by atoms with Crippen LogP contribution in [0.4, 0.5) is 5.69 Å². The van der Waals surface area contributed by atoms with E-state index in [-0.39, 0.29) is 4.90 Å². The van der Waals surface area contributed by atoms with E-state index in [1.54, 1.807) is 25.3 Å². The van der Waals surface area contributed by atoms with E-state index in [2.05, 4.69) is 0 Å². The van der Waals surface area contributed by atoms with Gasteiger partial charge in [-0.05, 0) is 50.1 Å². The lowest BCUT2D eigenvalue weighted by Gasteiger charge is -2.36. The van der Waals surface area contributed by atoms with Crippen LogP contribution >= 0.6 is 0 Å². The minimum absolute atomic E-state index is 0.202. The fourth-order valence-electron chi connectivity index (χ4n) is 4.66. The summed E-state index contributed by atoms with van der Waals surface area (Å²) in [5, 5.41) is 0. The number of piperazine rings is 1. The normalized spacial score (nSPS) is 15.7. The highest BCUT2D eigenvalue weighted by Gasteiger charge is 2.32. The van der Waals surface area contributed by atoms with Gasteiger partial charge in [0.05, 0.1) is 22.6 Å². The number of benzene rings is 2. The Morgan fingerprint density at radius 2 is 1.44 bits per heavy atom. The van der Waals surface area contributed by atoms with Crippen molar-refractivity contribution in [1.29, 1.82) is 0 Å². The van der Waals surface area contributed by atoms with Crippen molar-refractivity contribution >= 4 is 25.7 Å². The number of ether oxygens (including phenoxy) is 1. The zero-order valence-corrected chi connectivity index (χ0v) is 22.5. The van der Waals surface area contributed by atoms with Gasteiger partial charge in [0.1, 0.15) is 5.75 Å². The second kappa shape index (κ2) is 10.2. The molecule has 1 fully saturated rings. The molecule has 0 saturated carbocycles. The van der Waals surface area contributed by atoms with E-state index in [1.165, 1.54) is 8.61 Å². The Morgan fingerprint density at radius 1 is 0.882 bits per heavy atom. The highest BCUT2D eigenvalue weighted by atomic mass is 32.2. The van der Waals surface area contributed by atoms with Crippen molar-refractivity contribution in [2.75, 3.05) is 51.3 Å². The number of rotatable bonds is 8. The minimum atomic E-state index is -3.64. The van der Waals surface area contributed by atoms with Crippen LogP contribution in [0.5, 0.6) is 5.75 Å². The third-order valence-corrected chi connectivity index (χ3v) is 10.5. The van der Waals surface area contributed by atoms with Gasteiger partial charge in [-0.15, -0.1) is 0 Å². The molecule has 1 aliphatic heterocycles. The first kappa shape index (κ1) is 26.5. The van der Waals surface area contributed by atoms with Gasteiger partial charge in [0.15, 0.2) is 0 Å². The van der Waals surface area contributed by atoms with E-state index in [4.69, 9.17) is 4.74 Å². The van der Waals surface area contributed by atoms with Crippen LogP contribution in [0.1, 0.15) is 30.5 Å². The van der Waals surface area contributed by atoms with Gasteiger partial charge in [0.2, 0.25) is 20.0 Å². The van der Waals surface area contributed by atoms with E-state index >= 15 is 0 Å². The Bertz CT molecular complexity index is 1220. The van der Waals surface area contributed by atoms with E-state index in [0.29, 0.717) is 55.6 Å². The Balaban J connectivity index is 1.88. The van der Waals surface area contributed by atoms with E-state index < -0.39 is 20.0 Å². The molecule has 2 aromatic rings. The second-order valence-corrected chi connectivity index (χ2v) is 12.4. The maximum absolute atomic E-state index is 13.4. The number of aryl methyl sites for hydroxylation is 3. The molecule has 1 heterocycles. The quantitative estimate of drug-likeness (QED) is 0.543. The number of methoxy groups -OCH3 is 1. The van der Waals surface area contributed by atoms with Gasteiger partial charge < -0.3 is 9.64 Å². The Morgan fingerprint density at radius 3 is 1.94 bits per heavy atom.